The van der Waals surface area contributed by atoms with Gasteiger partial charge in [-0.2, -0.15) is 0 Å². The van der Waals surface area contributed by atoms with Crippen LogP contribution in [0, 0.1) is 0 Å². The average Bonchev–Trinajstić information content (AvgIpc) is 3.06. The number of benzene rings is 2. The fourth-order valence-corrected chi connectivity index (χ4v) is 4.11. The monoisotopic (exact) mass is 516 g/mol. The molecule has 3 amide bonds. The molecule has 35 heavy (non-hydrogen) atoms. The molecule has 1 aliphatic heterocycles. The average molecular weight is 517 g/mol. The van der Waals surface area contributed by atoms with E-state index in [4.69, 9.17) is 21.1 Å². The van der Waals surface area contributed by atoms with Crippen LogP contribution < -0.4 is 10.1 Å². The number of carbonyl (C=O) groups excluding carboxylic acids is 4. The summed E-state index contributed by atoms with van der Waals surface area (Å²) in [5.41, 5.74) is 1.12. The molecular formula is C25H25ClN2O6S. The van der Waals surface area contributed by atoms with Gasteiger partial charge in [-0.05, 0) is 74.0 Å². The quantitative estimate of drug-likeness (QED) is 0.353. The van der Waals surface area contributed by atoms with E-state index in [-0.39, 0.29) is 33.9 Å². The number of nitrogens with one attached hydrogen (secondary N) is 1. The molecule has 0 aromatic heterocycles. The third-order valence-electron chi connectivity index (χ3n) is 4.63. The minimum atomic E-state index is -0.604. The van der Waals surface area contributed by atoms with Gasteiger partial charge in [0.2, 0.25) is 5.91 Å². The van der Waals surface area contributed by atoms with Gasteiger partial charge in [0.05, 0.1) is 28.2 Å². The number of anilines is 1. The van der Waals surface area contributed by atoms with Gasteiger partial charge >= 0.3 is 5.97 Å². The van der Waals surface area contributed by atoms with Gasteiger partial charge in [-0.1, -0.05) is 30.7 Å². The first-order chi connectivity index (χ1) is 16.7. The smallest absolute Gasteiger partial charge is 0.339 e. The van der Waals surface area contributed by atoms with Crippen molar-refractivity contribution in [1.82, 2.24) is 4.90 Å². The lowest BCUT2D eigenvalue weighted by Gasteiger charge is -2.13. The highest BCUT2D eigenvalue weighted by Crippen LogP contribution is 2.32. The predicted octanol–water partition coefficient (Wildman–Crippen LogP) is 5.37. The van der Waals surface area contributed by atoms with Crippen molar-refractivity contribution < 1.29 is 28.7 Å². The SMILES string of the molecule is CCCOC(=O)c1cc(NC(=O)CN2C(=O)S/C(=C\c3ccc(OC(C)C)cc3)C2=O)ccc1Cl. The van der Waals surface area contributed by atoms with Crippen LogP contribution in [0.25, 0.3) is 6.08 Å². The molecule has 2 aromatic rings. The summed E-state index contributed by atoms with van der Waals surface area (Å²) in [5.74, 6) is -1.06. The summed E-state index contributed by atoms with van der Waals surface area (Å²) < 4.78 is 10.7. The maximum absolute atomic E-state index is 12.7. The molecule has 0 radical (unpaired) electrons. The molecule has 0 aliphatic carbocycles. The number of imide groups is 1. The van der Waals surface area contributed by atoms with Crippen molar-refractivity contribution in [2.45, 2.75) is 33.3 Å². The fourth-order valence-electron chi connectivity index (χ4n) is 3.08. The first kappa shape index (κ1) is 26.3. The zero-order valence-corrected chi connectivity index (χ0v) is 21.1. The van der Waals surface area contributed by atoms with Crippen molar-refractivity contribution in [2.24, 2.45) is 0 Å². The Hall–Kier alpha value is -3.30. The summed E-state index contributed by atoms with van der Waals surface area (Å²) >= 11 is 6.83. The first-order valence-corrected chi connectivity index (χ1v) is 12.2. The summed E-state index contributed by atoms with van der Waals surface area (Å²) in [5, 5.41) is 2.22. The number of hydrogen-bond acceptors (Lipinski definition) is 7. The Kier molecular flexibility index (Phi) is 8.95. The fraction of sp³-hybridized carbons (Fsp3) is 0.280. The second-order valence-electron chi connectivity index (χ2n) is 7.88. The number of amides is 3. The summed E-state index contributed by atoms with van der Waals surface area (Å²) in [6.07, 6.45) is 2.29. The van der Waals surface area contributed by atoms with Gasteiger partial charge in [0.25, 0.3) is 11.1 Å². The molecule has 1 saturated heterocycles. The highest BCUT2D eigenvalue weighted by molar-refractivity contribution is 8.18. The van der Waals surface area contributed by atoms with E-state index < -0.39 is 29.6 Å². The third-order valence-corrected chi connectivity index (χ3v) is 5.87. The Labute approximate surface area is 212 Å². The highest BCUT2D eigenvalue weighted by atomic mass is 35.5. The van der Waals surface area contributed by atoms with Gasteiger partial charge in [0.15, 0.2) is 0 Å². The third kappa shape index (κ3) is 7.10. The van der Waals surface area contributed by atoms with Gasteiger partial charge in [-0.3, -0.25) is 19.3 Å². The number of carbonyl (C=O) groups is 4. The van der Waals surface area contributed by atoms with Gasteiger partial charge in [-0.15, -0.1) is 0 Å². The maximum Gasteiger partial charge on any atom is 0.339 e. The molecule has 10 heteroatoms. The largest absolute Gasteiger partial charge is 0.491 e. The molecule has 2 aromatic carbocycles. The number of nitrogens with zero attached hydrogens (tertiary/aromatic N) is 1. The molecule has 0 saturated carbocycles. The molecule has 8 nitrogen and oxygen atoms in total. The van der Waals surface area contributed by atoms with Crippen molar-refractivity contribution in [3.8, 4) is 5.75 Å². The van der Waals surface area contributed by atoms with E-state index >= 15 is 0 Å². The van der Waals surface area contributed by atoms with E-state index in [9.17, 15) is 19.2 Å². The lowest BCUT2D eigenvalue weighted by atomic mass is 10.2. The second-order valence-corrected chi connectivity index (χ2v) is 9.28. The lowest BCUT2D eigenvalue weighted by Crippen LogP contribution is -2.36. The highest BCUT2D eigenvalue weighted by Gasteiger charge is 2.36. The van der Waals surface area contributed by atoms with Crippen molar-refractivity contribution in [3.05, 3.63) is 63.5 Å². The number of ether oxygens (including phenoxy) is 2. The maximum atomic E-state index is 12.7. The van der Waals surface area contributed by atoms with Crippen molar-refractivity contribution >= 4 is 58.1 Å². The van der Waals surface area contributed by atoms with Crippen LogP contribution in [-0.2, 0) is 14.3 Å². The van der Waals surface area contributed by atoms with Gasteiger partial charge in [0.1, 0.15) is 12.3 Å². The molecule has 1 fully saturated rings. The first-order valence-electron chi connectivity index (χ1n) is 11.0. The number of rotatable bonds is 9. The Morgan fingerprint density at radius 1 is 1.14 bits per heavy atom. The Balaban J connectivity index is 1.65. The van der Waals surface area contributed by atoms with Crippen LogP contribution in [0.5, 0.6) is 5.75 Å². The van der Waals surface area contributed by atoms with E-state index in [2.05, 4.69) is 5.32 Å². The van der Waals surface area contributed by atoms with Gasteiger partial charge in [-0.25, -0.2) is 4.79 Å². The molecule has 1 N–H and O–H groups in total. The second kappa shape index (κ2) is 11.9. The van der Waals surface area contributed by atoms with E-state index in [0.29, 0.717) is 12.2 Å². The molecule has 0 bridgehead atoms. The summed E-state index contributed by atoms with van der Waals surface area (Å²) in [7, 11) is 0. The van der Waals surface area contributed by atoms with E-state index in [1.807, 2.05) is 20.8 Å². The zero-order chi connectivity index (χ0) is 25.5. The Bertz CT molecular complexity index is 1160. The molecule has 1 heterocycles. The Morgan fingerprint density at radius 2 is 1.86 bits per heavy atom. The van der Waals surface area contributed by atoms with E-state index in [1.54, 1.807) is 30.3 Å². The van der Waals surface area contributed by atoms with Crippen molar-refractivity contribution in [2.75, 3.05) is 18.5 Å². The van der Waals surface area contributed by atoms with Crippen LogP contribution in [-0.4, -0.2) is 47.2 Å². The van der Waals surface area contributed by atoms with Crippen LogP contribution in [0.1, 0.15) is 43.1 Å². The van der Waals surface area contributed by atoms with Crippen molar-refractivity contribution in [1.29, 1.82) is 0 Å². The molecule has 1 aliphatic rings. The predicted molar refractivity (Wildman–Crippen MR) is 136 cm³/mol. The van der Waals surface area contributed by atoms with Crippen LogP contribution >= 0.6 is 23.4 Å². The van der Waals surface area contributed by atoms with Gasteiger partial charge < -0.3 is 14.8 Å². The number of halogens is 1. The lowest BCUT2D eigenvalue weighted by molar-refractivity contribution is -0.127. The normalized spacial score (nSPS) is 14.5. The molecule has 0 atom stereocenters. The van der Waals surface area contributed by atoms with Crippen LogP contribution in [0.2, 0.25) is 5.02 Å². The number of thioether (sulfide) groups is 1. The van der Waals surface area contributed by atoms with Gasteiger partial charge in [0, 0.05) is 5.69 Å². The summed E-state index contributed by atoms with van der Waals surface area (Å²) in [6.45, 7) is 5.49. The van der Waals surface area contributed by atoms with Crippen molar-refractivity contribution in [3.63, 3.8) is 0 Å². The van der Waals surface area contributed by atoms with Crippen LogP contribution in [0.3, 0.4) is 0 Å². The van der Waals surface area contributed by atoms with E-state index in [0.717, 1.165) is 22.2 Å². The Morgan fingerprint density at radius 3 is 2.51 bits per heavy atom. The van der Waals surface area contributed by atoms with Crippen LogP contribution in [0.15, 0.2) is 47.4 Å². The standard InChI is InChI=1S/C25H25ClN2O6S/c1-4-11-33-24(31)19-13-17(7-10-20(19)26)27-22(29)14-28-23(30)21(35-25(28)32)12-16-5-8-18(9-6-16)34-15(2)3/h5-10,12-13,15H,4,11,14H2,1-3H3,(H,27,29)/b21-12-. The van der Waals surface area contributed by atoms with Crippen LogP contribution in [0.4, 0.5) is 10.5 Å². The molecule has 0 unspecified atom stereocenters. The summed E-state index contributed by atoms with van der Waals surface area (Å²) in [4.78, 5) is 50.9. The molecule has 0 spiro atoms. The minimum Gasteiger partial charge on any atom is -0.491 e. The number of hydrogen-bond donors (Lipinski definition) is 1. The summed E-state index contributed by atoms with van der Waals surface area (Å²) in [6, 6.07) is 11.5. The zero-order valence-electron chi connectivity index (χ0n) is 19.5. The molecule has 3 rings (SSSR count). The molecular weight excluding hydrogens is 492 g/mol. The number of esters is 1. The van der Waals surface area contributed by atoms with E-state index in [1.165, 1.54) is 18.2 Å². The topological polar surface area (TPSA) is 102 Å². The minimum absolute atomic E-state index is 0.0397. The molecule has 184 valence electrons.